The van der Waals surface area contributed by atoms with E-state index in [1.807, 2.05) is 11.3 Å². The van der Waals surface area contributed by atoms with Gasteiger partial charge in [-0.1, -0.05) is 133 Å². The summed E-state index contributed by atoms with van der Waals surface area (Å²) in [5, 5.41) is 9.68. The second-order valence-corrected chi connectivity index (χ2v) is 14.8. The third-order valence-corrected chi connectivity index (χ3v) is 11.8. The normalized spacial score (nSPS) is 11.8. The molecule has 11 aromatic rings. The van der Waals surface area contributed by atoms with Crippen molar-refractivity contribution in [3.8, 4) is 22.3 Å². The Morgan fingerprint density at radius 2 is 1.00 bits per heavy atom. The van der Waals surface area contributed by atoms with Crippen molar-refractivity contribution in [3.05, 3.63) is 188 Å². The number of fused-ring (bicyclic) bond motifs is 9. The van der Waals surface area contributed by atoms with Gasteiger partial charge in [0.25, 0.3) is 0 Å². The fourth-order valence-corrected chi connectivity index (χ4v) is 9.19. The maximum atomic E-state index is 6.83. The zero-order valence-corrected chi connectivity index (χ0v) is 29.5. The first kappa shape index (κ1) is 30.0. The van der Waals surface area contributed by atoms with Gasteiger partial charge in [-0.2, -0.15) is 0 Å². The highest BCUT2D eigenvalue weighted by Crippen LogP contribution is 2.48. The number of furan rings is 1. The molecule has 0 saturated carbocycles. The fourth-order valence-electron chi connectivity index (χ4n) is 8.11. The number of para-hydroxylation sites is 1. The Hall–Kier alpha value is -6.68. The molecule has 0 aliphatic carbocycles. The van der Waals surface area contributed by atoms with Crippen molar-refractivity contribution >= 4 is 92.1 Å². The molecule has 0 atom stereocenters. The Morgan fingerprint density at radius 3 is 1.85 bits per heavy atom. The van der Waals surface area contributed by atoms with Gasteiger partial charge in [0.2, 0.25) is 0 Å². The summed E-state index contributed by atoms with van der Waals surface area (Å²) in [4.78, 5) is 2.43. The minimum absolute atomic E-state index is 0.876. The van der Waals surface area contributed by atoms with E-state index in [0.29, 0.717) is 0 Å². The van der Waals surface area contributed by atoms with Gasteiger partial charge in [0, 0.05) is 42.5 Å². The predicted molar refractivity (Wildman–Crippen MR) is 227 cm³/mol. The highest BCUT2D eigenvalue weighted by Gasteiger charge is 2.23. The van der Waals surface area contributed by atoms with Crippen LogP contribution in [0.1, 0.15) is 0 Å². The topological polar surface area (TPSA) is 16.4 Å². The highest BCUT2D eigenvalue weighted by atomic mass is 32.1. The molecule has 0 saturated heterocycles. The summed E-state index contributed by atoms with van der Waals surface area (Å²) in [5.41, 5.74) is 9.63. The van der Waals surface area contributed by atoms with Crippen LogP contribution < -0.4 is 4.90 Å². The number of anilines is 3. The Balaban J connectivity index is 1.18. The van der Waals surface area contributed by atoms with E-state index in [9.17, 15) is 0 Å². The smallest absolute Gasteiger partial charge is 0.145 e. The molecule has 0 N–H and O–H groups in total. The van der Waals surface area contributed by atoms with Gasteiger partial charge in [-0.05, 0) is 92.8 Å². The van der Waals surface area contributed by atoms with Gasteiger partial charge in [-0.25, -0.2) is 0 Å². The third-order valence-electron chi connectivity index (χ3n) is 10.7. The van der Waals surface area contributed by atoms with Crippen LogP contribution in [0.5, 0.6) is 0 Å². The summed E-state index contributed by atoms with van der Waals surface area (Å²) in [6.45, 7) is 0. The predicted octanol–water partition coefficient (Wildman–Crippen LogP) is 15.1. The van der Waals surface area contributed by atoms with E-state index in [4.69, 9.17) is 4.42 Å². The monoisotopic (exact) mass is 693 g/mol. The summed E-state index contributed by atoms with van der Waals surface area (Å²) >= 11 is 1.85. The van der Waals surface area contributed by atoms with Gasteiger partial charge in [0.05, 0.1) is 11.1 Å². The summed E-state index contributed by atoms with van der Waals surface area (Å²) in [6.07, 6.45) is 0. The molecule has 0 unspecified atom stereocenters. The molecule has 11 rings (SSSR count). The van der Waals surface area contributed by atoms with Crippen molar-refractivity contribution in [2.75, 3.05) is 4.90 Å². The molecule has 0 fully saturated rings. The van der Waals surface area contributed by atoms with Crippen LogP contribution in [0.15, 0.2) is 192 Å². The van der Waals surface area contributed by atoms with Crippen LogP contribution in [0, 0.1) is 0 Å². The van der Waals surface area contributed by atoms with E-state index < -0.39 is 0 Å². The molecule has 3 heteroatoms. The van der Waals surface area contributed by atoms with Crippen molar-refractivity contribution in [2.45, 2.75) is 0 Å². The molecule has 0 radical (unpaired) electrons. The average molecular weight is 694 g/mol. The number of thiophene rings is 1. The number of nitrogens with zero attached hydrogens (tertiary/aromatic N) is 1. The number of hydrogen-bond donors (Lipinski definition) is 0. The van der Waals surface area contributed by atoms with Crippen molar-refractivity contribution in [1.82, 2.24) is 0 Å². The van der Waals surface area contributed by atoms with Crippen molar-refractivity contribution in [1.29, 1.82) is 0 Å². The van der Waals surface area contributed by atoms with Crippen LogP contribution in [0.2, 0.25) is 0 Å². The molecule has 2 heterocycles. The second kappa shape index (κ2) is 11.9. The molecule has 2 aromatic heterocycles. The van der Waals surface area contributed by atoms with E-state index in [1.165, 1.54) is 52.8 Å². The van der Waals surface area contributed by atoms with Crippen LogP contribution in [0.3, 0.4) is 0 Å². The van der Waals surface area contributed by atoms with E-state index in [0.717, 1.165) is 50.1 Å². The lowest BCUT2D eigenvalue weighted by Gasteiger charge is -2.27. The van der Waals surface area contributed by atoms with Gasteiger partial charge < -0.3 is 9.32 Å². The Morgan fingerprint density at radius 1 is 0.396 bits per heavy atom. The van der Waals surface area contributed by atoms with Gasteiger partial charge in [-0.15, -0.1) is 11.3 Å². The van der Waals surface area contributed by atoms with Crippen LogP contribution in [0.4, 0.5) is 17.1 Å². The second-order valence-electron chi connectivity index (χ2n) is 13.7. The minimum atomic E-state index is 0.876. The van der Waals surface area contributed by atoms with Crippen LogP contribution >= 0.6 is 11.3 Å². The first-order valence-corrected chi connectivity index (χ1v) is 18.8. The van der Waals surface area contributed by atoms with Crippen LogP contribution in [-0.2, 0) is 0 Å². The molecule has 0 bridgehead atoms. The molecule has 248 valence electrons. The Kier molecular flexibility index (Phi) is 6.76. The lowest BCUT2D eigenvalue weighted by atomic mass is 9.97. The number of hydrogen-bond acceptors (Lipinski definition) is 3. The Labute approximate surface area is 310 Å². The average Bonchev–Trinajstić information content (AvgIpc) is 3.80. The van der Waals surface area contributed by atoms with Crippen molar-refractivity contribution in [2.24, 2.45) is 0 Å². The molecule has 2 nitrogen and oxygen atoms in total. The summed E-state index contributed by atoms with van der Waals surface area (Å²) in [5.74, 6) is 0. The number of rotatable bonds is 5. The van der Waals surface area contributed by atoms with Gasteiger partial charge in [-0.3, -0.25) is 0 Å². The van der Waals surface area contributed by atoms with Crippen molar-refractivity contribution < 1.29 is 4.42 Å². The SMILES string of the molecule is c1ccc(-c2ccc(-c3ccc(N(c4ccc5ccc6ccccc6c5c4)c4ccc5sc6ccccc6c5c4)c4c3oc3ccccc34)cc2)cc1. The lowest BCUT2D eigenvalue weighted by molar-refractivity contribution is 0.670. The zero-order valence-electron chi connectivity index (χ0n) is 28.7. The molecule has 0 aliphatic rings. The zero-order chi connectivity index (χ0) is 34.9. The Bertz CT molecular complexity index is 3170. The highest BCUT2D eigenvalue weighted by molar-refractivity contribution is 7.25. The summed E-state index contributed by atoms with van der Waals surface area (Å²) in [7, 11) is 0. The molecule has 0 amide bonds. The molecule has 9 aromatic carbocycles. The lowest BCUT2D eigenvalue weighted by Crippen LogP contribution is -2.10. The largest absolute Gasteiger partial charge is 0.455 e. The first-order valence-electron chi connectivity index (χ1n) is 18.0. The quantitative estimate of drug-likeness (QED) is 0.167. The van der Waals surface area contributed by atoms with E-state index in [1.54, 1.807) is 0 Å². The molecular formula is C50H31NOS. The minimum Gasteiger partial charge on any atom is -0.455 e. The number of benzene rings is 9. The molecule has 0 spiro atoms. The maximum Gasteiger partial charge on any atom is 0.145 e. The standard InChI is InChI=1S/C50H31NOS/c1-2-10-32(11-3-1)33-18-20-35(21-19-33)40-27-28-45(49-42-15-6-8-16-46(42)52-50(40)49)51(38-26-29-48-44(31-38)41-14-7-9-17-47(41)53-48)37-25-24-36-23-22-34-12-4-5-13-39(34)43(36)30-37/h1-31H. The summed E-state index contributed by atoms with van der Waals surface area (Å²) < 4.78 is 9.42. The van der Waals surface area contributed by atoms with E-state index in [2.05, 4.69) is 193 Å². The summed E-state index contributed by atoms with van der Waals surface area (Å²) in [6, 6.07) is 68.0. The fraction of sp³-hybridized carbons (Fsp3) is 0. The van der Waals surface area contributed by atoms with Gasteiger partial charge in [0.1, 0.15) is 11.2 Å². The van der Waals surface area contributed by atoms with Crippen molar-refractivity contribution in [3.63, 3.8) is 0 Å². The molecule has 53 heavy (non-hydrogen) atoms. The first-order chi connectivity index (χ1) is 26.3. The molecular weight excluding hydrogens is 663 g/mol. The van der Waals surface area contributed by atoms with E-state index in [-0.39, 0.29) is 0 Å². The van der Waals surface area contributed by atoms with Gasteiger partial charge in [0.15, 0.2) is 0 Å². The maximum absolute atomic E-state index is 6.83. The van der Waals surface area contributed by atoms with Crippen LogP contribution in [-0.4, -0.2) is 0 Å². The van der Waals surface area contributed by atoms with Gasteiger partial charge >= 0.3 is 0 Å². The molecule has 0 aliphatic heterocycles. The van der Waals surface area contributed by atoms with E-state index >= 15 is 0 Å². The van der Waals surface area contributed by atoms with Crippen LogP contribution in [0.25, 0.3) is 85.9 Å². The third kappa shape index (κ3) is 4.86.